The SMILES string of the molecule is COC(=O)[C@H]1CC[C@@H](Nc2ccc(C)cn2)C1. The molecule has 1 saturated carbocycles. The van der Waals surface area contributed by atoms with E-state index in [2.05, 4.69) is 10.3 Å². The first kappa shape index (κ1) is 11.9. The highest BCUT2D eigenvalue weighted by atomic mass is 16.5. The molecule has 17 heavy (non-hydrogen) atoms. The summed E-state index contributed by atoms with van der Waals surface area (Å²) in [5.74, 6) is 0.834. The van der Waals surface area contributed by atoms with Crippen molar-refractivity contribution in [2.24, 2.45) is 5.92 Å². The number of hydrogen-bond donors (Lipinski definition) is 1. The van der Waals surface area contributed by atoms with Crippen molar-refractivity contribution < 1.29 is 9.53 Å². The van der Waals surface area contributed by atoms with Crippen molar-refractivity contribution in [3.05, 3.63) is 23.9 Å². The number of rotatable bonds is 3. The molecule has 4 heteroatoms. The average molecular weight is 234 g/mol. The second-order valence-electron chi connectivity index (χ2n) is 4.60. The summed E-state index contributed by atoms with van der Waals surface area (Å²) in [4.78, 5) is 15.7. The van der Waals surface area contributed by atoms with Crippen molar-refractivity contribution in [3.63, 3.8) is 0 Å². The number of nitrogens with zero attached hydrogens (tertiary/aromatic N) is 1. The lowest BCUT2D eigenvalue weighted by Crippen LogP contribution is -2.19. The third-order valence-electron chi connectivity index (χ3n) is 3.23. The maximum atomic E-state index is 11.4. The summed E-state index contributed by atoms with van der Waals surface area (Å²) >= 11 is 0. The highest BCUT2D eigenvalue weighted by Gasteiger charge is 2.30. The third-order valence-corrected chi connectivity index (χ3v) is 3.23. The second-order valence-corrected chi connectivity index (χ2v) is 4.60. The van der Waals surface area contributed by atoms with Crippen LogP contribution < -0.4 is 5.32 Å². The minimum absolute atomic E-state index is 0.0444. The first-order chi connectivity index (χ1) is 8.19. The molecule has 0 spiro atoms. The zero-order valence-electron chi connectivity index (χ0n) is 10.3. The van der Waals surface area contributed by atoms with Crippen LogP contribution >= 0.6 is 0 Å². The Balaban J connectivity index is 1.89. The van der Waals surface area contributed by atoms with E-state index in [1.807, 2.05) is 25.3 Å². The van der Waals surface area contributed by atoms with Crippen LogP contribution in [-0.2, 0) is 9.53 Å². The summed E-state index contributed by atoms with van der Waals surface area (Å²) in [6.07, 6.45) is 4.57. The molecule has 1 fully saturated rings. The summed E-state index contributed by atoms with van der Waals surface area (Å²) in [5.41, 5.74) is 1.15. The first-order valence-electron chi connectivity index (χ1n) is 5.96. The standard InChI is InChI=1S/C13H18N2O2/c1-9-3-6-12(14-8-9)15-11-5-4-10(7-11)13(16)17-2/h3,6,8,10-11H,4-5,7H2,1-2H3,(H,14,15)/t10-,11+/m0/s1. The molecule has 0 radical (unpaired) electrons. The van der Waals surface area contributed by atoms with Gasteiger partial charge in [0, 0.05) is 12.2 Å². The molecule has 0 aliphatic heterocycles. The van der Waals surface area contributed by atoms with Gasteiger partial charge >= 0.3 is 5.97 Å². The van der Waals surface area contributed by atoms with E-state index in [1.165, 1.54) is 7.11 Å². The van der Waals surface area contributed by atoms with E-state index >= 15 is 0 Å². The van der Waals surface area contributed by atoms with Crippen LogP contribution in [0.5, 0.6) is 0 Å². The number of hydrogen-bond acceptors (Lipinski definition) is 4. The van der Waals surface area contributed by atoms with Crippen molar-refractivity contribution in [3.8, 4) is 0 Å². The van der Waals surface area contributed by atoms with Gasteiger partial charge in [0.25, 0.3) is 0 Å². The number of nitrogens with one attached hydrogen (secondary N) is 1. The molecular formula is C13H18N2O2. The number of aryl methyl sites for hydroxylation is 1. The molecule has 1 aromatic heterocycles. The number of carbonyl (C=O) groups excluding carboxylic acids is 1. The predicted molar refractivity (Wildman–Crippen MR) is 65.7 cm³/mol. The number of methoxy groups -OCH3 is 1. The molecule has 0 bridgehead atoms. The lowest BCUT2D eigenvalue weighted by molar-refractivity contribution is -0.145. The van der Waals surface area contributed by atoms with Gasteiger partial charge in [0.15, 0.2) is 0 Å². The predicted octanol–water partition coefficient (Wildman–Crippen LogP) is 2.14. The Morgan fingerprint density at radius 1 is 1.47 bits per heavy atom. The van der Waals surface area contributed by atoms with Gasteiger partial charge in [0.2, 0.25) is 0 Å². The van der Waals surface area contributed by atoms with Crippen LogP contribution in [0.2, 0.25) is 0 Å². The summed E-state index contributed by atoms with van der Waals surface area (Å²) < 4.78 is 4.77. The zero-order chi connectivity index (χ0) is 12.3. The Morgan fingerprint density at radius 2 is 2.29 bits per heavy atom. The van der Waals surface area contributed by atoms with Gasteiger partial charge in [-0.2, -0.15) is 0 Å². The molecule has 2 atom stereocenters. The summed E-state index contributed by atoms with van der Waals surface area (Å²) in [6, 6.07) is 4.33. The normalized spacial score (nSPS) is 23.4. The monoisotopic (exact) mass is 234 g/mol. The number of carbonyl (C=O) groups is 1. The Bertz CT molecular complexity index is 389. The number of esters is 1. The van der Waals surface area contributed by atoms with Crippen molar-refractivity contribution in [2.45, 2.75) is 32.2 Å². The summed E-state index contributed by atoms with van der Waals surface area (Å²) in [7, 11) is 1.45. The van der Waals surface area contributed by atoms with Crippen LogP contribution in [0.1, 0.15) is 24.8 Å². The van der Waals surface area contributed by atoms with Crippen LogP contribution in [0.25, 0.3) is 0 Å². The Kier molecular flexibility index (Phi) is 3.61. The summed E-state index contributed by atoms with van der Waals surface area (Å²) in [6.45, 7) is 2.01. The number of ether oxygens (including phenoxy) is 1. The molecule has 0 saturated heterocycles. The smallest absolute Gasteiger partial charge is 0.308 e. The summed E-state index contributed by atoms with van der Waals surface area (Å²) in [5, 5.41) is 3.36. The molecule has 1 aliphatic rings. The lowest BCUT2D eigenvalue weighted by atomic mass is 10.1. The van der Waals surface area contributed by atoms with Gasteiger partial charge in [0.05, 0.1) is 13.0 Å². The molecule has 1 N–H and O–H groups in total. The Labute approximate surface area is 101 Å². The molecule has 0 aromatic carbocycles. The van der Waals surface area contributed by atoms with E-state index < -0.39 is 0 Å². The number of aromatic nitrogens is 1. The molecule has 92 valence electrons. The van der Waals surface area contributed by atoms with Crippen molar-refractivity contribution in [1.82, 2.24) is 4.98 Å². The molecule has 2 rings (SSSR count). The third kappa shape index (κ3) is 2.96. The minimum Gasteiger partial charge on any atom is -0.469 e. The van der Waals surface area contributed by atoms with E-state index in [1.54, 1.807) is 0 Å². The van der Waals surface area contributed by atoms with E-state index in [0.717, 1.165) is 30.6 Å². The average Bonchev–Trinajstić information content (AvgIpc) is 2.80. The van der Waals surface area contributed by atoms with Gasteiger partial charge in [-0.3, -0.25) is 4.79 Å². The number of anilines is 1. The molecule has 1 aliphatic carbocycles. The van der Waals surface area contributed by atoms with Gasteiger partial charge in [-0.05, 0) is 37.8 Å². The van der Waals surface area contributed by atoms with Crippen LogP contribution in [0.15, 0.2) is 18.3 Å². The topological polar surface area (TPSA) is 51.2 Å². The minimum atomic E-state index is -0.0915. The fourth-order valence-electron chi connectivity index (χ4n) is 2.26. The van der Waals surface area contributed by atoms with Crippen molar-refractivity contribution in [1.29, 1.82) is 0 Å². The van der Waals surface area contributed by atoms with Gasteiger partial charge < -0.3 is 10.1 Å². The van der Waals surface area contributed by atoms with Crippen LogP contribution in [-0.4, -0.2) is 24.1 Å². The van der Waals surface area contributed by atoms with Gasteiger partial charge in [-0.1, -0.05) is 6.07 Å². The quantitative estimate of drug-likeness (QED) is 0.814. The maximum absolute atomic E-state index is 11.4. The first-order valence-corrected chi connectivity index (χ1v) is 5.96. The molecule has 0 amide bonds. The molecule has 1 aromatic rings. The fraction of sp³-hybridized carbons (Fsp3) is 0.538. The van der Waals surface area contributed by atoms with E-state index in [-0.39, 0.29) is 11.9 Å². The van der Waals surface area contributed by atoms with Gasteiger partial charge in [0.1, 0.15) is 5.82 Å². The fourth-order valence-corrected chi connectivity index (χ4v) is 2.26. The van der Waals surface area contributed by atoms with Crippen LogP contribution in [0.4, 0.5) is 5.82 Å². The van der Waals surface area contributed by atoms with Crippen molar-refractivity contribution in [2.75, 3.05) is 12.4 Å². The zero-order valence-corrected chi connectivity index (χ0v) is 10.3. The largest absolute Gasteiger partial charge is 0.469 e. The number of pyridine rings is 1. The highest BCUT2D eigenvalue weighted by Crippen LogP contribution is 2.28. The van der Waals surface area contributed by atoms with Crippen LogP contribution in [0, 0.1) is 12.8 Å². The van der Waals surface area contributed by atoms with Crippen molar-refractivity contribution >= 4 is 11.8 Å². The van der Waals surface area contributed by atoms with Gasteiger partial charge in [-0.25, -0.2) is 4.98 Å². The molecule has 4 nitrogen and oxygen atoms in total. The molecular weight excluding hydrogens is 216 g/mol. The highest BCUT2D eigenvalue weighted by molar-refractivity contribution is 5.72. The van der Waals surface area contributed by atoms with Gasteiger partial charge in [-0.15, -0.1) is 0 Å². The molecule has 0 unspecified atom stereocenters. The Hall–Kier alpha value is -1.58. The van der Waals surface area contributed by atoms with E-state index in [0.29, 0.717) is 6.04 Å². The molecule has 1 heterocycles. The van der Waals surface area contributed by atoms with Crippen LogP contribution in [0.3, 0.4) is 0 Å². The maximum Gasteiger partial charge on any atom is 0.308 e. The van der Waals surface area contributed by atoms with E-state index in [9.17, 15) is 4.79 Å². The van der Waals surface area contributed by atoms with E-state index in [4.69, 9.17) is 4.74 Å². The Morgan fingerprint density at radius 3 is 2.94 bits per heavy atom. The second kappa shape index (κ2) is 5.17. The lowest BCUT2D eigenvalue weighted by Gasteiger charge is -2.13.